The Morgan fingerprint density at radius 1 is 1.47 bits per heavy atom. The van der Waals surface area contributed by atoms with Crippen LogP contribution in [0.5, 0.6) is 5.75 Å². The number of nitrogens with zero attached hydrogens (tertiary/aromatic N) is 2. The standard InChI is InChI=1S/C12H19N3O2/c1-12(2,15(3)4)8-14-11(17)9-5-10(16)7-13-6-9/h5-7,16H,8H2,1-4H3,(H,14,17). The van der Waals surface area contributed by atoms with Crippen molar-refractivity contribution >= 4 is 5.91 Å². The lowest BCUT2D eigenvalue weighted by molar-refractivity contribution is 0.0919. The average Bonchev–Trinajstić information content (AvgIpc) is 2.25. The van der Waals surface area contributed by atoms with Crippen LogP contribution in [-0.2, 0) is 0 Å². The van der Waals surface area contributed by atoms with E-state index in [9.17, 15) is 9.90 Å². The normalized spacial score (nSPS) is 11.6. The van der Waals surface area contributed by atoms with E-state index in [1.165, 1.54) is 18.5 Å². The highest BCUT2D eigenvalue weighted by molar-refractivity contribution is 5.94. The largest absolute Gasteiger partial charge is 0.506 e. The lowest BCUT2D eigenvalue weighted by atomic mass is 10.0. The molecule has 2 N–H and O–H groups in total. The molecular weight excluding hydrogens is 218 g/mol. The summed E-state index contributed by atoms with van der Waals surface area (Å²) in [6.45, 7) is 4.59. The molecular formula is C12H19N3O2. The van der Waals surface area contributed by atoms with Gasteiger partial charge in [0.2, 0.25) is 0 Å². The van der Waals surface area contributed by atoms with E-state index in [1.54, 1.807) is 0 Å². The third kappa shape index (κ3) is 3.71. The maximum absolute atomic E-state index is 11.8. The predicted octanol–water partition coefficient (Wildman–Crippen LogP) is 0.857. The second kappa shape index (κ2) is 5.14. The molecule has 5 nitrogen and oxygen atoms in total. The first-order valence-electron chi connectivity index (χ1n) is 5.42. The lowest BCUT2D eigenvalue weighted by Gasteiger charge is -2.32. The molecule has 0 aliphatic heterocycles. The summed E-state index contributed by atoms with van der Waals surface area (Å²) < 4.78 is 0. The van der Waals surface area contributed by atoms with E-state index in [0.29, 0.717) is 12.1 Å². The summed E-state index contributed by atoms with van der Waals surface area (Å²) in [6, 6.07) is 1.39. The van der Waals surface area contributed by atoms with Gasteiger partial charge < -0.3 is 15.3 Å². The molecule has 0 atom stereocenters. The summed E-state index contributed by atoms with van der Waals surface area (Å²) in [6.07, 6.45) is 2.72. The number of aromatic nitrogens is 1. The molecule has 1 amide bonds. The minimum absolute atomic E-state index is 0.00970. The molecule has 0 saturated carbocycles. The Hall–Kier alpha value is -1.62. The first-order chi connectivity index (χ1) is 7.83. The van der Waals surface area contributed by atoms with Crippen molar-refractivity contribution in [1.29, 1.82) is 0 Å². The van der Waals surface area contributed by atoms with Gasteiger partial charge in [0.15, 0.2) is 0 Å². The summed E-state index contributed by atoms with van der Waals surface area (Å²) in [7, 11) is 3.92. The molecule has 1 rings (SSSR count). The topological polar surface area (TPSA) is 65.5 Å². The number of hydrogen-bond acceptors (Lipinski definition) is 4. The van der Waals surface area contributed by atoms with Crippen molar-refractivity contribution in [3.63, 3.8) is 0 Å². The van der Waals surface area contributed by atoms with Gasteiger partial charge in [-0.2, -0.15) is 0 Å². The van der Waals surface area contributed by atoms with Gasteiger partial charge in [-0.3, -0.25) is 9.78 Å². The zero-order valence-electron chi connectivity index (χ0n) is 10.7. The van der Waals surface area contributed by atoms with Gasteiger partial charge in [-0.15, -0.1) is 0 Å². The SMILES string of the molecule is CN(C)C(C)(C)CNC(=O)c1cncc(O)c1. The molecule has 0 aromatic carbocycles. The average molecular weight is 237 g/mol. The van der Waals surface area contributed by atoms with Crippen LogP contribution in [0, 0.1) is 0 Å². The second-order valence-electron chi connectivity index (χ2n) is 4.82. The van der Waals surface area contributed by atoms with E-state index in [1.807, 2.05) is 32.8 Å². The lowest BCUT2D eigenvalue weighted by Crippen LogP contribution is -2.48. The number of likely N-dealkylation sites (N-methyl/N-ethyl adjacent to an activating group) is 1. The number of carbonyl (C=O) groups is 1. The van der Waals surface area contributed by atoms with Crippen molar-refractivity contribution in [3.8, 4) is 5.75 Å². The third-order valence-electron chi connectivity index (χ3n) is 2.88. The van der Waals surface area contributed by atoms with Crippen LogP contribution >= 0.6 is 0 Å². The van der Waals surface area contributed by atoms with Crippen molar-refractivity contribution in [2.45, 2.75) is 19.4 Å². The van der Waals surface area contributed by atoms with E-state index in [-0.39, 0.29) is 17.2 Å². The van der Waals surface area contributed by atoms with Crippen LogP contribution in [0.25, 0.3) is 0 Å². The molecule has 0 fully saturated rings. The van der Waals surface area contributed by atoms with Gasteiger partial charge in [0.05, 0.1) is 11.8 Å². The quantitative estimate of drug-likeness (QED) is 0.815. The second-order valence-corrected chi connectivity index (χ2v) is 4.82. The maximum Gasteiger partial charge on any atom is 0.253 e. The van der Waals surface area contributed by atoms with Gasteiger partial charge in [0.1, 0.15) is 5.75 Å². The molecule has 94 valence electrons. The number of hydrogen-bond donors (Lipinski definition) is 2. The Labute approximate surface area is 101 Å². The zero-order valence-corrected chi connectivity index (χ0v) is 10.7. The van der Waals surface area contributed by atoms with Crippen molar-refractivity contribution in [2.75, 3.05) is 20.6 Å². The Morgan fingerprint density at radius 3 is 2.65 bits per heavy atom. The molecule has 0 spiro atoms. The zero-order chi connectivity index (χ0) is 13.1. The third-order valence-corrected chi connectivity index (χ3v) is 2.88. The summed E-state index contributed by atoms with van der Waals surface area (Å²) in [5, 5.41) is 12.0. The molecule has 17 heavy (non-hydrogen) atoms. The molecule has 1 aromatic rings. The number of rotatable bonds is 4. The summed E-state index contributed by atoms with van der Waals surface area (Å²) in [4.78, 5) is 17.6. The van der Waals surface area contributed by atoms with E-state index < -0.39 is 0 Å². The van der Waals surface area contributed by atoms with Crippen molar-refractivity contribution < 1.29 is 9.90 Å². The molecule has 5 heteroatoms. The first-order valence-corrected chi connectivity index (χ1v) is 5.42. The van der Waals surface area contributed by atoms with Crippen LogP contribution < -0.4 is 5.32 Å². The van der Waals surface area contributed by atoms with Gasteiger partial charge in [0.25, 0.3) is 5.91 Å². The van der Waals surface area contributed by atoms with Crippen LogP contribution in [0.15, 0.2) is 18.5 Å². The minimum atomic E-state index is -0.233. The van der Waals surface area contributed by atoms with Crippen molar-refractivity contribution in [1.82, 2.24) is 15.2 Å². The molecule has 0 aliphatic rings. The van der Waals surface area contributed by atoms with E-state index in [4.69, 9.17) is 0 Å². The highest BCUT2D eigenvalue weighted by Crippen LogP contribution is 2.10. The molecule has 1 aromatic heterocycles. The Balaban J connectivity index is 2.62. The maximum atomic E-state index is 11.8. The first kappa shape index (κ1) is 13.4. The monoisotopic (exact) mass is 237 g/mol. The van der Waals surface area contributed by atoms with Crippen LogP contribution in [0.2, 0.25) is 0 Å². The Bertz CT molecular complexity index is 402. The fourth-order valence-corrected chi connectivity index (χ4v) is 1.11. The molecule has 0 aliphatic carbocycles. The fourth-order valence-electron chi connectivity index (χ4n) is 1.11. The Morgan fingerprint density at radius 2 is 2.12 bits per heavy atom. The van der Waals surface area contributed by atoms with E-state index in [2.05, 4.69) is 10.3 Å². The number of amides is 1. The van der Waals surface area contributed by atoms with Crippen LogP contribution in [0.1, 0.15) is 24.2 Å². The highest BCUT2D eigenvalue weighted by atomic mass is 16.3. The fraction of sp³-hybridized carbons (Fsp3) is 0.500. The number of nitrogens with one attached hydrogen (secondary N) is 1. The van der Waals surface area contributed by atoms with Crippen LogP contribution in [0.3, 0.4) is 0 Å². The molecule has 1 heterocycles. The van der Waals surface area contributed by atoms with Gasteiger partial charge >= 0.3 is 0 Å². The number of carbonyl (C=O) groups excluding carboxylic acids is 1. The molecule has 0 bridgehead atoms. The Kier molecular flexibility index (Phi) is 4.07. The van der Waals surface area contributed by atoms with Crippen LogP contribution in [-0.4, -0.2) is 47.1 Å². The predicted molar refractivity (Wildman–Crippen MR) is 66.0 cm³/mol. The molecule has 0 unspecified atom stereocenters. The van der Waals surface area contributed by atoms with E-state index >= 15 is 0 Å². The number of aromatic hydroxyl groups is 1. The highest BCUT2D eigenvalue weighted by Gasteiger charge is 2.21. The van der Waals surface area contributed by atoms with Crippen molar-refractivity contribution in [3.05, 3.63) is 24.0 Å². The smallest absolute Gasteiger partial charge is 0.253 e. The summed E-state index contributed by atoms with van der Waals surface area (Å²) in [5.74, 6) is -0.243. The summed E-state index contributed by atoms with van der Waals surface area (Å²) in [5.41, 5.74) is 0.236. The van der Waals surface area contributed by atoms with Gasteiger partial charge in [-0.1, -0.05) is 0 Å². The minimum Gasteiger partial charge on any atom is -0.506 e. The summed E-state index contributed by atoms with van der Waals surface area (Å²) >= 11 is 0. The molecule has 0 radical (unpaired) electrons. The van der Waals surface area contributed by atoms with Crippen molar-refractivity contribution in [2.24, 2.45) is 0 Å². The van der Waals surface area contributed by atoms with Gasteiger partial charge in [-0.25, -0.2) is 0 Å². The molecule has 0 saturated heterocycles. The van der Waals surface area contributed by atoms with E-state index in [0.717, 1.165) is 0 Å². The van der Waals surface area contributed by atoms with Gasteiger partial charge in [0, 0.05) is 18.3 Å². The van der Waals surface area contributed by atoms with Gasteiger partial charge in [-0.05, 0) is 34.0 Å². The van der Waals surface area contributed by atoms with Crippen LogP contribution in [0.4, 0.5) is 0 Å². The number of pyridine rings is 1.